The Morgan fingerprint density at radius 2 is 2.08 bits per heavy atom. The van der Waals surface area contributed by atoms with E-state index in [0.717, 1.165) is 11.3 Å². The first kappa shape index (κ1) is 17.4. The smallest absolute Gasteiger partial charge is 0.233 e. The van der Waals surface area contributed by atoms with E-state index in [2.05, 4.69) is 10.2 Å². The molecule has 25 heavy (non-hydrogen) atoms. The molecule has 0 bridgehead atoms. The number of hydrogen-bond acceptors (Lipinski definition) is 6. The van der Waals surface area contributed by atoms with Gasteiger partial charge in [0.25, 0.3) is 0 Å². The van der Waals surface area contributed by atoms with Crippen LogP contribution in [0, 0.1) is 0 Å². The number of amides is 1. The Bertz CT molecular complexity index is 848. The zero-order valence-electron chi connectivity index (χ0n) is 13.4. The van der Waals surface area contributed by atoms with E-state index in [0.29, 0.717) is 22.5 Å². The number of furan rings is 1. The highest BCUT2D eigenvalue weighted by Gasteiger charge is 2.16. The fourth-order valence-corrected chi connectivity index (χ4v) is 3.06. The number of nitrogen functional groups attached to an aromatic ring is 1. The first-order valence-corrected chi connectivity index (χ1v) is 8.76. The zero-order valence-corrected chi connectivity index (χ0v) is 15.0. The highest BCUT2D eigenvalue weighted by molar-refractivity contribution is 7.99. The molecule has 0 aliphatic rings. The molecule has 0 fully saturated rings. The van der Waals surface area contributed by atoms with Crippen molar-refractivity contribution in [3.05, 3.63) is 53.4 Å². The zero-order chi connectivity index (χ0) is 17.8. The van der Waals surface area contributed by atoms with Gasteiger partial charge in [0.1, 0.15) is 5.76 Å². The third-order valence-electron chi connectivity index (χ3n) is 3.49. The molecule has 1 amide bonds. The van der Waals surface area contributed by atoms with Crippen LogP contribution in [0.15, 0.2) is 52.2 Å². The Morgan fingerprint density at radius 3 is 2.76 bits per heavy atom. The van der Waals surface area contributed by atoms with Gasteiger partial charge in [-0.3, -0.25) is 4.79 Å². The SMILES string of the molecule is CN(Cc1ccco1)C(=O)CSc1nnc(-c2ccc(Cl)cc2)n1N. The predicted molar refractivity (Wildman–Crippen MR) is 96.5 cm³/mol. The number of nitrogens with zero attached hydrogens (tertiary/aromatic N) is 4. The van der Waals surface area contributed by atoms with Crippen LogP contribution in [-0.2, 0) is 11.3 Å². The molecule has 2 N–H and O–H groups in total. The third-order valence-corrected chi connectivity index (χ3v) is 4.67. The van der Waals surface area contributed by atoms with E-state index >= 15 is 0 Å². The van der Waals surface area contributed by atoms with E-state index in [9.17, 15) is 4.79 Å². The maximum Gasteiger partial charge on any atom is 0.233 e. The lowest BCUT2D eigenvalue weighted by Gasteiger charge is -2.15. The van der Waals surface area contributed by atoms with Crippen LogP contribution in [-0.4, -0.2) is 38.5 Å². The summed E-state index contributed by atoms with van der Waals surface area (Å²) in [4.78, 5) is 13.8. The second-order valence-electron chi connectivity index (χ2n) is 5.30. The lowest BCUT2D eigenvalue weighted by molar-refractivity contribution is -0.127. The van der Waals surface area contributed by atoms with Gasteiger partial charge in [0, 0.05) is 17.6 Å². The molecule has 9 heteroatoms. The normalized spacial score (nSPS) is 10.8. The number of carbonyl (C=O) groups is 1. The molecule has 0 aliphatic heterocycles. The number of thioether (sulfide) groups is 1. The van der Waals surface area contributed by atoms with Crippen LogP contribution in [0.4, 0.5) is 0 Å². The van der Waals surface area contributed by atoms with Crippen molar-refractivity contribution in [2.45, 2.75) is 11.7 Å². The van der Waals surface area contributed by atoms with Gasteiger partial charge in [-0.15, -0.1) is 10.2 Å². The van der Waals surface area contributed by atoms with Crippen molar-refractivity contribution in [1.29, 1.82) is 0 Å². The minimum absolute atomic E-state index is 0.0579. The molecule has 2 heterocycles. The van der Waals surface area contributed by atoms with Crippen molar-refractivity contribution < 1.29 is 9.21 Å². The summed E-state index contributed by atoms with van der Waals surface area (Å²) in [6, 6.07) is 10.7. The first-order chi connectivity index (χ1) is 12.0. The van der Waals surface area contributed by atoms with Crippen LogP contribution in [0.25, 0.3) is 11.4 Å². The van der Waals surface area contributed by atoms with Crippen molar-refractivity contribution in [2.24, 2.45) is 0 Å². The average Bonchev–Trinajstić information content (AvgIpc) is 3.23. The van der Waals surface area contributed by atoms with E-state index in [4.69, 9.17) is 21.9 Å². The average molecular weight is 378 g/mol. The Kier molecular flexibility index (Phi) is 5.30. The highest BCUT2D eigenvalue weighted by atomic mass is 35.5. The summed E-state index contributed by atoms with van der Waals surface area (Å²) in [5, 5.41) is 9.23. The molecular weight excluding hydrogens is 362 g/mol. The Hall–Kier alpha value is -2.45. The fraction of sp³-hybridized carbons (Fsp3) is 0.188. The molecular formula is C16H16ClN5O2S. The summed E-state index contributed by atoms with van der Waals surface area (Å²) in [5.74, 6) is 7.43. The van der Waals surface area contributed by atoms with Gasteiger partial charge in [0.15, 0.2) is 5.82 Å². The van der Waals surface area contributed by atoms with Crippen LogP contribution in [0.2, 0.25) is 5.02 Å². The quantitative estimate of drug-likeness (QED) is 0.524. The van der Waals surface area contributed by atoms with Crippen LogP contribution in [0.1, 0.15) is 5.76 Å². The molecule has 0 saturated heterocycles. The molecule has 3 aromatic rings. The summed E-state index contributed by atoms with van der Waals surface area (Å²) in [6.45, 7) is 0.414. The molecule has 3 rings (SSSR count). The van der Waals surface area contributed by atoms with E-state index in [1.807, 2.05) is 18.2 Å². The van der Waals surface area contributed by atoms with Crippen molar-refractivity contribution in [1.82, 2.24) is 19.8 Å². The molecule has 130 valence electrons. The van der Waals surface area contributed by atoms with Crippen LogP contribution in [0.3, 0.4) is 0 Å². The number of nitrogens with two attached hydrogens (primary N) is 1. The van der Waals surface area contributed by atoms with E-state index < -0.39 is 0 Å². The molecule has 0 unspecified atom stereocenters. The Morgan fingerprint density at radius 1 is 1.32 bits per heavy atom. The number of carbonyl (C=O) groups excluding carboxylic acids is 1. The van der Waals surface area contributed by atoms with Crippen molar-refractivity contribution >= 4 is 29.3 Å². The van der Waals surface area contributed by atoms with Crippen LogP contribution in [0.5, 0.6) is 0 Å². The summed E-state index contributed by atoms with van der Waals surface area (Å²) in [5.41, 5.74) is 0.799. The summed E-state index contributed by atoms with van der Waals surface area (Å²) in [6.07, 6.45) is 1.58. The van der Waals surface area contributed by atoms with Gasteiger partial charge in [-0.2, -0.15) is 0 Å². The van der Waals surface area contributed by atoms with Gasteiger partial charge >= 0.3 is 0 Å². The third kappa shape index (κ3) is 4.15. The van der Waals surface area contributed by atoms with Gasteiger partial charge in [-0.05, 0) is 36.4 Å². The minimum Gasteiger partial charge on any atom is -0.467 e. The molecule has 0 saturated carbocycles. The molecule has 0 radical (unpaired) electrons. The largest absolute Gasteiger partial charge is 0.467 e. The van der Waals surface area contributed by atoms with Gasteiger partial charge in [0.05, 0.1) is 18.6 Å². The van der Waals surface area contributed by atoms with Crippen molar-refractivity contribution in [3.8, 4) is 11.4 Å². The van der Waals surface area contributed by atoms with Gasteiger partial charge in [0.2, 0.25) is 11.1 Å². The molecule has 1 aromatic carbocycles. The van der Waals surface area contributed by atoms with Crippen molar-refractivity contribution in [2.75, 3.05) is 18.6 Å². The lowest BCUT2D eigenvalue weighted by atomic mass is 10.2. The fourth-order valence-electron chi connectivity index (χ4n) is 2.13. The molecule has 0 spiro atoms. The van der Waals surface area contributed by atoms with E-state index in [-0.39, 0.29) is 11.7 Å². The Balaban J connectivity index is 1.62. The number of halogens is 1. The maximum absolute atomic E-state index is 12.2. The summed E-state index contributed by atoms with van der Waals surface area (Å²) < 4.78 is 6.61. The number of benzene rings is 1. The van der Waals surface area contributed by atoms with E-state index in [1.165, 1.54) is 16.4 Å². The summed E-state index contributed by atoms with van der Waals surface area (Å²) >= 11 is 7.11. The van der Waals surface area contributed by atoms with Gasteiger partial charge < -0.3 is 15.2 Å². The van der Waals surface area contributed by atoms with Gasteiger partial charge in [-0.25, -0.2) is 4.68 Å². The summed E-state index contributed by atoms with van der Waals surface area (Å²) in [7, 11) is 1.72. The highest BCUT2D eigenvalue weighted by Crippen LogP contribution is 2.23. The minimum atomic E-state index is -0.0579. The number of rotatable bonds is 6. The van der Waals surface area contributed by atoms with E-state index in [1.54, 1.807) is 36.4 Å². The number of aromatic nitrogens is 3. The predicted octanol–water partition coefficient (Wildman–Crippen LogP) is 2.66. The second kappa shape index (κ2) is 7.62. The Labute approximate surface area is 153 Å². The van der Waals surface area contributed by atoms with Crippen molar-refractivity contribution in [3.63, 3.8) is 0 Å². The van der Waals surface area contributed by atoms with Crippen LogP contribution < -0.4 is 5.84 Å². The lowest BCUT2D eigenvalue weighted by Crippen LogP contribution is -2.27. The maximum atomic E-state index is 12.2. The topological polar surface area (TPSA) is 90.2 Å². The number of hydrogen-bond donors (Lipinski definition) is 1. The molecule has 2 aromatic heterocycles. The molecule has 0 aliphatic carbocycles. The monoisotopic (exact) mass is 377 g/mol. The second-order valence-corrected chi connectivity index (χ2v) is 6.68. The molecule has 0 atom stereocenters. The van der Waals surface area contributed by atoms with Gasteiger partial charge in [-0.1, -0.05) is 23.4 Å². The van der Waals surface area contributed by atoms with Crippen LogP contribution >= 0.6 is 23.4 Å². The first-order valence-electron chi connectivity index (χ1n) is 7.40. The molecule has 7 nitrogen and oxygen atoms in total. The standard InChI is InChI=1S/C16H16ClN5O2S/c1-21(9-13-3-2-8-24-13)14(23)10-25-16-20-19-15(22(16)18)11-4-6-12(17)7-5-11/h2-8H,9-10,18H2,1H3.